The maximum absolute atomic E-state index is 6.09. The van der Waals surface area contributed by atoms with Crippen molar-refractivity contribution in [3.63, 3.8) is 0 Å². The van der Waals surface area contributed by atoms with Crippen LogP contribution in [-0.4, -0.2) is 4.98 Å². The zero-order valence-corrected chi connectivity index (χ0v) is 9.56. The molecule has 1 nitrogen and oxygen atoms in total. The third kappa shape index (κ3) is 1.19. The van der Waals surface area contributed by atoms with Crippen LogP contribution in [0.2, 0.25) is 5.02 Å². The molecule has 0 saturated carbocycles. The maximum Gasteiger partial charge on any atom is 0.0648 e. The Morgan fingerprint density at radius 1 is 1.42 bits per heavy atom. The molecule has 0 spiro atoms. The van der Waals surface area contributed by atoms with Crippen LogP contribution in [0.4, 0.5) is 0 Å². The van der Waals surface area contributed by atoms with Crippen molar-refractivity contribution in [1.29, 1.82) is 0 Å². The molecule has 4 heteroatoms. The number of aromatic amines is 1. The Balaban J connectivity index is 2.96. The van der Waals surface area contributed by atoms with Gasteiger partial charge in [-0.2, -0.15) is 0 Å². The Kier molecular flexibility index (Phi) is 2.16. The molecule has 0 bridgehead atoms. The van der Waals surface area contributed by atoms with Gasteiger partial charge in [0.25, 0.3) is 0 Å². The molecule has 1 N–H and O–H groups in total. The van der Waals surface area contributed by atoms with Crippen LogP contribution in [0, 0.1) is 0 Å². The molecule has 12 heavy (non-hydrogen) atoms. The highest BCUT2D eigenvalue weighted by Gasteiger charge is 2.06. The zero-order chi connectivity index (χ0) is 8.72. The Morgan fingerprint density at radius 2 is 2.17 bits per heavy atom. The smallest absolute Gasteiger partial charge is 0.0648 e. The first-order valence-corrected chi connectivity index (χ1v) is 5.15. The summed E-state index contributed by atoms with van der Waals surface area (Å²) in [5.41, 5.74) is 1.06. The predicted molar refractivity (Wildman–Crippen MR) is 60.4 cm³/mol. The highest BCUT2D eigenvalue weighted by atomic mass is 79.9. The van der Waals surface area contributed by atoms with E-state index in [0.29, 0.717) is 0 Å². The van der Waals surface area contributed by atoms with E-state index in [1.54, 1.807) is 0 Å². The summed E-state index contributed by atoms with van der Waals surface area (Å²) < 4.78 is 0.931. The van der Waals surface area contributed by atoms with E-state index >= 15 is 0 Å². The molecule has 2 aromatic rings. The molecule has 0 aliphatic rings. The molecule has 1 atom stereocenters. The molecule has 0 amide bonds. The first kappa shape index (κ1) is 8.55. The second-order valence-corrected chi connectivity index (χ2v) is 4.38. The summed E-state index contributed by atoms with van der Waals surface area (Å²) in [6.45, 7) is 0. The SMILES string of the molecule is Pc1c[nH]c2ccc(Br)c(Cl)c12. The first-order valence-electron chi connectivity index (χ1n) is 3.40. The van der Waals surface area contributed by atoms with E-state index in [1.165, 1.54) is 0 Å². The summed E-state index contributed by atoms with van der Waals surface area (Å²) in [6, 6.07) is 3.93. The lowest BCUT2D eigenvalue weighted by Gasteiger charge is -1.97. The fourth-order valence-electron chi connectivity index (χ4n) is 1.18. The number of aromatic nitrogens is 1. The number of rotatable bonds is 0. The molecule has 0 aliphatic heterocycles. The van der Waals surface area contributed by atoms with Crippen molar-refractivity contribution in [1.82, 2.24) is 4.98 Å². The van der Waals surface area contributed by atoms with Gasteiger partial charge in [-0.3, -0.25) is 0 Å². The van der Waals surface area contributed by atoms with E-state index in [2.05, 4.69) is 30.2 Å². The van der Waals surface area contributed by atoms with Crippen LogP contribution in [0.5, 0.6) is 0 Å². The molecule has 2 rings (SSSR count). The second-order valence-electron chi connectivity index (χ2n) is 2.53. The lowest BCUT2D eigenvalue weighted by Crippen LogP contribution is -1.85. The van der Waals surface area contributed by atoms with Gasteiger partial charge in [0.15, 0.2) is 0 Å². The van der Waals surface area contributed by atoms with Gasteiger partial charge in [0, 0.05) is 21.6 Å². The molecule has 0 aliphatic carbocycles. The fraction of sp³-hybridized carbons (Fsp3) is 0. The molecule has 1 aromatic heterocycles. The summed E-state index contributed by atoms with van der Waals surface area (Å²) in [5.74, 6) is 0. The Bertz CT molecular complexity index is 438. The van der Waals surface area contributed by atoms with E-state index in [-0.39, 0.29) is 0 Å². The monoisotopic (exact) mass is 261 g/mol. The lowest BCUT2D eigenvalue weighted by molar-refractivity contribution is 1.48. The van der Waals surface area contributed by atoms with Gasteiger partial charge in [-0.1, -0.05) is 11.6 Å². The van der Waals surface area contributed by atoms with E-state index in [1.807, 2.05) is 18.3 Å². The van der Waals surface area contributed by atoms with Gasteiger partial charge in [-0.25, -0.2) is 0 Å². The molecular weight excluding hydrogens is 256 g/mol. The highest BCUT2D eigenvalue weighted by Crippen LogP contribution is 2.30. The van der Waals surface area contributed by atoms with E-state index < -0.39 is 0 Å². The summed E-state index contributed by atoms with van der Waals surface area (Å²) >= 11 is 9.47. The number of benzene rings is 1. The van der Waals surface area contributed by atoms with Crippen molar-refractivity contribution < 1.29 is 0 Å². The standard InChI is InChI=1S/C8H6BrClNP/c9-4-1-2-5-7(8(4)10)6(12)3-11-5/h1-3,11H,12H2. The maximum atomic E-state index is 6.09. The molecular formula is C8H6BrClNP. The summed E-state index contributed by atoms with van der Waals surface area (Å²) in [6.07, 6.45) is 1.92. The van der Waals surface area contributed by atoms with Crippen molar-refractivity contribution in [2.45, 2.75) is 0 Å². The summed E-state index contributed by atoms with van der Waals surface area (Å²) in [7, 11) is 2.65. The van der Waals surface area contributed by atoms with Gasteiger partial charge in [0.2, 0.25) is 0 Å². The van der Waals surface area contributed by atoms with Crippen molar-refractivity contribution in [2.24, 2.45) is 0 Å². The Labute approximate surface area is 85.8 Å². The number of nitrogens with one attached hydrogen (secondary N) is 1. The Hall–Kier alpha value is -0.0400. The molecule has 62 valence electrons. The van der Waals surface area contributed by atoms with E-state index in [0.717, 1.165) is 25.7 Å². The van der Waals surface area contributed by atoms with Crippen molar-refractivity contribution in [3.8, 4) is 0 Å². The quantitative estimate of drug-likeness (QED) is 0.702. The number of H-pyrrole nitrogens is 1. The van der Waals surface area contributed by atoms with E-state index in [4.69, 9.17) is 11.6 Å². The fourth-order valence-corrected chi connectivity index (χ4v) is 2.26. The summed E-state index contributed by atoms with van der Waals surface area (Å²) in [4.78, 5) is 3.13. The van der Waals surface area contributed by atoms with Crippen molar-refractivity contribution >= 4 is 53.0 Å². The minimum Gasteiger partial charge on any atom is -0.361 e. The van der Waals surface area contributed by atoms with Crippen molar-refractivity contribution in [3.05, 3.63) is 27.8 Å². The third-order valence-corrected chi connectivity index (χ3v) is 3.50. The van der Waals surface area contributed by atoms with Crippen LogP contribution in [0.15, 0.2) is 22.8 Å². The summed E-state index contributed by atoms with van der Waals surface area (Å²) in [5, 5.41) is 2.92. The molecule has 0 fully saturated rings. The highest BCUT2D eigenvalue weighted by molar-refractivity contribution is 9.10. The van der Waals surface area contributed by atoms with Gasteiger partial charge >= 0.3 is 0 Å². The van der Waals surface area contributed by atoms with Crippen LogP contribution >= 0.6 is 36.8 Å². The van der Waals surface area contributed by atoms with Gasteiger partial charge < -0.3 is 4.98 Å². The number of halogens is 2. The normalized spacial score (nSPS) is 10.9. The van der Waals surface area contributed by atoms with Crippen LogP contribution in [-0.2, 0) is 0 Å². The predicted octanol–water partition coefficient (Wildman–Crippen LogP) is 3.08. The van der Waals surface area contributed by atoms with E-state index in [9.17, 15) is 0 Å². The van der Waals surface area contributed by atoms with Crippen LogP contribution in [0.3, 0.4) is 0 Å². The van der Waals surface area contributed by atoms with Crippen LogP contribution in [0.25, 0.3) is 10.9 Å². The molecule has 1 unspecified atom stereocenters. The third-order valence-electron chi connectivity index (χ3n) is 1.77. The van der Waals surface area contributed by atoms with Crippen LogP contribution in [0.1, 0.15) is 0 Å². The Morgan fingerprint density at radius 3 is 2.92 bits per heavy atom. The van der Waals surface area contributed by atoms with Gasteiger partial charge in [-0.15, -0.1) is 9.24 Å². The molecule has 0 saturated heterocycles. The molecule has 0 radical (unpaired) electrons. The van der Waals surface area contributed by atoms with Gasteiger partial charge in [0.05, 0.1) is 5.02 Å². The first-order chi connectivity index (χ1) is 5.70. The van der Waals surface area contributed by atoms with Gasteiger partial charge in [-0.05, 0) is 33.4 Å². The lowest BCUT2D eigenvalue weighted by atomic mass is 10.2. The average molecular weight is 262 g/mol. The minimum atomic E-state index is 0.763. The number of hydrogen-bond donors (Lipinski definition) is 1. The largest absolute Gasteiger partial charge is 0.361 e. The second kappa shape index (κ2) is 3.02. The average Bonchev–Trinajstić information content (AvgIpc) is 2.41. The topological polar surface area (TPSA) is 15.8 Å². The van der Waals surface area contributed by atoms with Gasteiger partial charge in [0.1, 0.15) is 0 Å². The molecule has 1 heterocycles. The zero-order valence-electron chi connectivity index (χ0n) is 6.07. The number of fused-ring (bicyclic) bond motifs is 1. The van der Waals surface area contributed by atoms with Crippen LogP contribution < -0.4 is 5.30 Å². The van der Waals surface area contributed by atoms with Crippen molar-refractivity contribution in [2.75, 3.05) is 0 Å². The molecule has 1 aromatic carbocycles. The number of hydrogen-bond acceptors (Lipinski definition) is 0. The minimum absolute atomic E-state index is 0.763.